The summed E-state index contributed by atoms with van der Waals surface area (Å²) in [7, 11) is 1.58. The van der Waals surface area contributed by atoms with Crippen LogP contribution in [0.2, 0.25) is 0 Å². The standard InChI is InChI=1S/C12H13N3O2/c1-7(16)14-11-4-3-8-5-9(17-2)6-10(13)12(8)15-11/h3-6H,13H2,1-2H3,(H,14,15,16). The van der Waals surface area contributed by atoms with Gasteiger partial charge < -0.3 is 15.8 Å². The average molecular weight is 231 g/mol. The molecular weight excluding hydrogens is 218 g/mol. The minimum absolute atomic E-state index is 0.163. The molecule has 0 bridgehead atoms. The number of benzene rings is 1. The summed E-state index contributed by atoms with van der Waals surface area (Å²) in [5.41, 5.74) is 7.05. The quantitative estimate of drug-likeness (QED) is 0.772. The Bertz CT molecular complexity index is 581. The Balaban J connectivity index is 2.54. The Morgan fingerprint density at radius 3 is 2.82 bits per heavy atom. The number of nitrogens with zero attached hydrogens (tertiary/aromatic N) is 1. The molecule has 0 spiro atoms. The number of ether oxygens (including phenoxy) is 1. The van der Waals surface area contributed by atoms with E-state index in [4.69, 9.17) is 10.5 Å². The van der Waals surface area contributed by atoms with Gasteiger partial charge in [-0.05, 0) is 18.2 Å². The van der Waals surface area contributed by atoms with E-state index in [2.05, 4.69) is 10.3 Å². The molecule has 0 aliphatic carbocycles. The number of anilines is 2. The summed E-state index contributed by atoms with van der Waals surface area (Å²) in [4.78, 5) is 15.2. The van der Waals surface area contributed by atoms with Gasteiger partial charge in [-0.2, -0.15) is 0 Å². The van der Waals surface area contributed by atoms with Crippen LogP contribution in [0, 0.1) is 0 Å². The van der Waals surface area contributed by atoms with Crippen LogP contribution in [0.1, 0.15) is 6.92 Å². The van der Waals surface area contributed by atoms with E-state index in [9.17, 15) is 4.79 Å². The monoisotopic (exact) mass is 231 g/mol. The molecule has 1 aromatic carbocycles. The topological polar surface area (TPSA) is 77.2 Å². The van der Waals surface area contributed by atoms with E-state index in [1.807, 2.05) is 12.1 Å². The number of carbonyl (C=O) groups excluding carboxylic acids is 1. The van der Waals surface area contributed by atoms with Crippen molar-refractivity contribution in [3.05, 3.63) is 24.3 Å². The molecule has 1 amide bonds. The fourth-order valence-corrected chi connectivity index (χ4v) is 1.60. The highest BCUT2D eigenvalue weighted by Gasteiger charge is 2.05. The van der Waals surface area contributed by atoms with Crippen LogP contribution in [0.5, 0.6) is 5.75 Å². The Morgan fingerprint density at radius 2 is 2.18 bits per heavy atom. The van der Waals surface area contributed by atoms with E-state index in [1.165, 1.54) is 6.92 Å². The number of fused-ring (bicyclic) bond motifs is 1. The fourth-order valence-electron chi connectivity index (χ4n) is 1.60. The molecule has 0 radical (unpaired) electrons. The van der Waals surface area contributed by atoms with Crippen LogP contribution in [0.25, 0.3) is 10.9 Å². The van der Waals surface area contributed by atoms with Gasteiger partial charge in [-0.15, -0.1) is 0 Å². The van der Waals surface area contributed by atoms with E-state index in [1.54, 1.807) is 19.2 Å². The number of methoxy groups -OCH3 is 1. The van der Waals surface area contributed by atoms with E-state index < -0.39 is 0 Å². The van der Waals surface area contributed by atoms with Crippen LogP contribution < -0.4 is 15.8 Å². The number of rotatable bonds is 2. The second-order valence-electron chi connectivity index (χ2n) is 3.67. The minimum Gasteiger partial charge on any atom is -0.497 e. The molecule has 0 atom stereocenters. The zero-order valence-electron chi connectivity index (χ0n) is 9.65. The molecule has 0 aliphatic rings. The number of hydrogen-bond acceptors (Lipinski definition) is 4. The van der Waals surface area contributed by atoms with Gasteiger partial charge in [-0.25, -0.2) is 4.98 Å². The lowest BCUT2D eigenvalue weighted by Gasteiger charge is -2.07. The molecule has 5 heteroatoms. The van der Waals surface area contributed by atoms with Gasteiger partial charge in [0.05, 0.1) is 18.3 Å². The lowest BCUT2D eigenvalue weighted by Crippen LogP contribution is -2.07. The highest BCUT2D eigenvalue weighted by molar-refractivity contribution is 5.94. The number of aromatic nitrogens is 1. The smallest absolute Gasteiger partial charge is 0.222 e. The van der Waals surface area contributed by atoms with Crippen LogP contribution in [0.4, 0.5) is 11.5 Å². The number of nitrogen functional groups attached to an aromatic ring is 1. The van der Waals surface area contributed by atoms with Gasteiger partial charge >= 0.3 is 0 Å². The lowest BCUT2D eigenvalue weighted by molar-refractivity contribution is -0.114. The first-order valence-electron chi connectivity index (χ1n) is 5.12. The first-order valence-corrected chi connectivity index (χ1v) is 5.12. The van der Waals surface area contributed by atoms with E-state index in [0.29, 0.717) is 22.8 Å². The number of pyridine rings is 1. The zero-order chi connectivity index (χ0) is 12.4. The molecular formula is C12H13N3O2. The summed E-state index contributed by atoms with van der Waals surface area (Å²) in [5.74, 6) is 1.01. The van der Waals surface area contributed by atoms with Gasteiger partial charge in [0.25, 0.3) is 0 Å². The molecule has 0 saturated carbocycles. The maximum atomic E-state index is 10.9. The van der Waals surface area contributed by atoms with Gasteiger partial charge in [0.2, 0.25) is 5.91 Å². The zero-order valence-corrected chi connectivity index (χ0v) is 9.65. The predicted molar refractivity (Wildman–Crippen MR) is 67.0 cm³/mol. The first-order chi connectivity index (χ1) is 8.10. The largest absolute Gasteiger partial charge is 0.497 e. The van der Waals surface area contributed by atoms with Crippen molar-refractivity contribution in [2.75, 3.05) is 18.2 Å². The van der Waals surface area contributed by atoms with Gasteiger partial charge in [-0.1, -0.05) is 0 Å². The van der Waals surface area contributed by atoms with Crippen molar-refractivity contribution in [2.24, 2.45) is 0 Å². The van der Waals surface area contributed by atoms with Gasteiger partial charge in [0, 0.05) is 18.4 Å². The van der Waals surface area contributed by atoms with Crippen LogP contribution in [-0.2, 0) is 4.79 Å². The van der Waals surface area contributed by atoms with Crippen molar-refractivity contribution in [3.8, 4) is 5.75 Å². The van der Waals surface area contributed by atoms with E-state index in [-0.39, 0.29) is 5.91 Å². The predicted octanol–water partition coefficient (Wildman–Crippen LogP) is 1.78. The Kier molecular flexibility index (Phi) is 2.82. The summed E-state index contributed by atoms with van der Waals surface area (Å²) in [5, 5.41) is 3.49. The van der Waals surface area contributed by atoms with Crippen LogP contribution in [0.3, 0.4) is 0 Å². The highest BCUT2D eigenvalue weighted by Crippen LogP contribution is 2.26. The maximum Gasteiger partial charge on any atom is 0.222 e. The average Bonchev–Trinajstić information content (AvgIpc) is 2.29. The molecule has 0 unspecified atom stereocenters. The van der Waals surface area contributed by atoms with Gasteiger partial charge in [0.1, 0.15) is 11.6 Å². The SMILES string of the molecule is COc1cc(N)c2nc(NC(C)=O)ccc2c1. The maximum absolute atomic E-state index is 10.9. The highest BCUT2D eigenvalue weighted by atomic mass is 16.5. The molecule has 2 rings (SSSR count). The normalized spacial score (nSPS) is 10.2. The van der Waals surface area contributed by atoms with Crippen molar-refractivity contribution in [2.45, 2.75) is 6.92 Å². The molecule has 88 valence electrons. The summed E-state index contributed by atoms with van der Waals surface area (Å²) < 4.78 is 5.12. The summed E-state index contributed by atoms with van der Waals surface area (Å²) in [6.07, 6.45) is 0. The number of carbonyl (C=O) groups is 1. The van der Waals surface area contributed by atoms with Crippen molar-refractivity contribution >= 4 is 28.3 Å². The number of nitrogens with two attached hydrogens (primary N) is 1. The molecule has 0 fully saturated rings. The molecule has 1 heterocycles. The molecule has 3 N–H and O–H groups in total. The second-order valence-corrected chi connectivity index (χ2v) is 3.67. The number of nitrogens with one attached hydrogen (secondary N) is 1. The van der Waals surface area contributed by atoms with Crippen molar-refractivity contribution < 1.29 is 9.53 Å². The summed E-state index contributed by atoms with van der Waals surface area (Å²) in [6, 6.07) is 7.11. The number of hydrogen-bond donors (Lipinski definition) is 2. The molecule has 5 nitrogen and oxygen atoms in total. The van der Waals surface area contributed by atoms with Crippen LogP contribution in [0.15, 0.2) is 24.3 Å². The Labute approximate surface area is 98.6 Å². The lowest BCUT2D eigenvalue weighted by atomic mass is 10.2. The summed E-state index contributed by atoms with van der Waals surface area (Å²) >= 11 is 0. The Hall–Kier alpha value is -2.30. The third kappa shape index (κ3) is 2.28. The van der Waals surface area contributed by atoms with Crippen molar-refractivity contribution in [1.29, 1.82) is 0 Å². The van der Waals surface area contributed by atoms with Crippen LogP contribution in [-0.4, -0.2) is 18.0 Å². The van der Waals surface area contributed by atoms with E-state index in [0.717, 1.165) is 5.39 Å². The molecule has 0 saturated heterocycles. The van der Waals surface area contributed by atoms with Crippen molar-refractivity contribution in [1.82, 2.24) is 4.98 Å². The molecule has 0 aliphatic heterocycles. The third-order valence-corrected chi connectivity index (χ3v) is 2.34. The Morgan fingerprint density at radius 1 is 1.41 bits per heavy atom. The summed E-state index contributed by atoms with van der Waals surface area (Å²) in [6.45, 7) is 1.43. The third-order valence-electron chi connectivity index (χ3n) is 2.34. The molecule has 17 heavy (non-hydrogen) atoms. The van der Waals surface area contributed by atoms with E-state index >= 15 is 0 Å². The first kappa shape index (κ1) is 11.2. The molecule has 2 aromatic rings. The minimum atomic E-state index is -0.163. The van der Waals surface area contributed by atoms with Gasteiger partial charge in [0.15, 0.2) is 0 Å². The molecule has 1 aromatic heterocycles. The van der Waals surface area contributed by atoms with Crippen LogP contribution >= 0.6 is 0 Å². The fraction of sp³-hybridized carbons (Fsp3) is 0.167. The van der Waals surface area contributed by atoms with Gasteiger partial charge in [-0.3, -0.25) is 4.79 Å². The number of amides is 1. The van der Waals surface area contributed by atoms with Crippen molar-refractivity contribution in [3.63, 3.8) is 0 Å². The second kappa shape index (κ2) is 4.29.